The third-order valence-corrected chi connectivity index (χ3v) is 6.72. The van der Waals surface area contributed by atoms with Crippen LogP contribution in [0, 0.1) is 5.92 Å². The Morgan fingerprint density at radius 2 is 1.97 bits per heavy atom. The number of piperazine rings is 1. The van der Waals surface area contributed by atoms with Crippen molar-refractivity contribution < 1.29 is 28.7 Å². The van der Waals surface area contributed by atoms with Gasteiger partial charge in [0.25, 0.3) is 0 Å². The summed E-state index contributed by atoms with van der Waals surface area (Å²) < 4.78 is 11.0. The number of Topliss-reactive ketones (excluding diaryl/α,β-unsaturated/α-hetero) is 2. The summed E-state index contributed by atoms with van der Waals surface area (Å²) in [7, 11) is 1.47. The molecular weight excluding hydrogens is 392 g/mol. The minimum absolute atomic E-state index is 0.00818. The Kier molecular flexibility index (Phi) is 4.64. The van der Waals surface area contributed by atoms with Gasteiger partial charge in [-0.1, -0.05) is 13.3 Å². The number of nitrogens with two attached hydrogens (primary N) is 2. The summed E-state index contributed by atoms with van der Waals surface area (Å²) in [6, 6.07) is -0.494. The molecule has 4 N–H and O–H groups in total. The highest BCUT2D eigenvalue weighted by Crippen LogP contribution is 2.59. The number of ether oxygens (including phenoxy) is 2. The molecule has 4 atom stereocenters. The molecule has 2 fully saturated rings. The number of allylic oxidation sites excluding steroid dienone is 2. The number of hydrogen-bond acceptors (Lipinski definition) is 8. The van der Waals surface area contributed by atoms with Crippen LogP contribution in [0.1, 0.15) is 33.1 Å². The highest BCUT2D eigenvalue weighted by atomic mass is 16.6. The van der Waals surface area contributed by atoms with Gasteiger partial charge >= 0.3 is 6.09 Å². The van der Waals surface area contributed by atoms with Crippen LogP contribution in [0.4, 0.5) is 4.79 Å². The first-order valence-corrected chi connectivity index (χ1v) is 10.1. The van der Waals surface area contributed by atoms with Crippen LogP contribution in [0.5, 0.6) is 0 Å². The van der Waals surface area contributed by atoms with Gasteiger partial charge in [-0.05, 0) is 13.3 Å². The lowest BCUT2D eigenvalue weighted by atomic mass is 9.82. The van der Waals surface area contributed by atoms with E-state index in [-0.39, 0.29) is 52.9 Å². The zero-order valence-corrected chi connectivity index (χ0v) is 17.3. The molecule has 3 aliphatic heterocycles. The fourth-order valence-electron chi connectivity index (χ4n) is 5.27. The van der Waals surface area contributed by atoms with Gasteiger partial charge in [0.15, 0.2) is 5.72 Å². The third kappa shape index (κ3) is 2.46. The van der Waals surface area contributed by atoms with Gasteiger partial charge in [-0.3, -0.25) is 14.4 Å². The molecule has 2 amide bonds. The van der Waals surface area contributed by atoms with Crippen molar-refractivity contribution in [2.45, 2.75) is 50.9 Å². The first kappa shape index (κ1) is 20.4. The van der Waals surface area contributed by atoms with Crippen molar-refractivity contribution in [2.24, 2.45) is 17.4 Å². The molecule has 3 heterocycles. The van der Waals surface area contributed by atoms with E-state index in [1.54, 1.807) is 9.80 Å². The SMILES string of the molecule is CCCCC(=O)N1C2CN3C4=C(C(=O)C(N)=C(C)C4=O)C(COC(N)=O)C3(OC)C21. The monoisotopic (exact) mass is 418 g/mol. The van der Waals surface area contributed by atoms with Crippen molar-refractivity contribution in [2.75, 3.05) is 20.3 Å². The molecule has 4 unspecified atom stereocenters. The van der Waals surface area contributed by atoms with E-state index in [0.717, 1.165) is 12.8 Å². The molecule has 0 saturated carbocycles. The van der Waals surface area contributed by atoms with Crippen molar-refractivity contribution in [3.05, 3.63) is 22.5 Å². The Morgan fingerprint density at radius 1 is 1.27 bits per heavy atom. The number of nitrogens with zero attached hydrogens (tertiary/aromatic N) is 2. The summed E-state index contributed by atoms with van der Waals surface area (Å²) in [6.45, 7) is 3.62. The second-order valence-electron chi connectivity index (χ2n) is 8.13. The predicted molar refractivity (Wildman–Crippen MR) is 103 cm³/mol. The quantitative estimate of drug-likeness (QED) is 0.445. The molecule has 30 heavy (non-hydrogen) atoms. The maximum atomic E-state index is 13.1. The van der Waals surface area contributed by atoms with Gasteiger partial charge < -0.3 is 30.7 Å². The lowest BCUT2D eigenvalue weighted by Gasteiger charge is -2.41. The highest BCUT2D eigenvalue weighted by molar-refractivity contribution is 6.25. The number of ketones is 2. The van der Waals surface area contributed by atoms with Gasteiger partial charge in [-0.15, -0.1) is 0 Å². The average molecular weight is 418 g/mol. The zero-order valence-electron chi connectivity index (χ0n) is 17.3. The summed E-state index contributed by atoms with van der Waals surface area (Å²) in [5.74, 6) is -1.62. The normalized spacial score (nSPS) is 31.8. The van der Waals surface area contributed by atoms with Crippen LogP contribution in [0.25, 0.3) is 0 Å². The van der Waals surface area contributed by atoms with Crippen molar-refractivity contribution in [1.82, 2.24) is 9.80 Å². The smallest absolute Gasteiger partial charge is 0.404 e. The molecule has 162 valence electrons. The predicted octanol–water partition coefficient (Wildman–Crippen LogP) is -0.222. The number of carbonyl (C=O) groups is 4. The molecular formula is C20H26N4O6. The number of rotatable bonds is 6. The average Bonchev–Trinajstić information content (AvgIpc) is 3.22. The van der Waals surface area contributed by atoms with E-state index < -0.39 is 23.5 Å². The lowest BCUT2D eigenvalue weighted by molar-refractivity contribution is -0.153. The summed E-state index contributed by atoms with van der Waals surface area (Å²) >= 11 is 0. The van der Waals surface area contributed by atoms with E-state index in [0.29, 0.717) is 13.0 Å². The van der Waals surface area contributed by atoms with Crippen LogP contribution in [0.15, 0.2) is 22.5 Å². The molecule has 0 aromatic heterocycles. The summed E-state index contributed by atoms with van der Waals surface area (Å²) in [5.41, 5.74) is 10.3. The van der Waals surface area contributed by atoms with Gasteiger partial charge in [-0.2, -0.15) is 0 Å². The molecule has 0 aromatic carbocycles. The lowest BCUT2D eigenvalue weighted by Crippen LogP contribution is -2.56. The van der Waals surface area contributed by atoms with Crippen molar-refractivity contribution in [1.29, 1.82) is 0 Å². The van der Waals surface area contributed by atoms with Crippen LogP contribution >= 0.6 is 0 Å². The van der Waals surface area contributed by atoms with Crippen LogP contribution in [-0.4, -0.2) is 71.4 Å². The first-order chi connectivity index (χ1) is 14.2. The number of methoxy groups -OCH3 is 1. The number of hydrogen-bond donors (Lipinski definition) is 2. The van der Waals surface area contributed by atoms with Gasteiger partial charge in [0, 0.05) is 31.2 Å². The van der Waals surface area contributed by atoms with Crippen LogP contribution in [0.3, 0.4) is 0 Å². The number of unbranched alkanes of at least 4 members (excludes halogenated alkanes) is 1. The maximum Gasteiger partial charge on any atom is 0.404 e. The summed E-state index contributed by atoms with van der Waals surface area (Å²) in [6.07, 6.45) is 1.09. The number of amides is 2. The molecule has 2 saturated heterocycles. The Labute approximate surface area is 173 Å². The molecule has 4 rings (SSSR count). The number of primary amides is 1. The number of carbonyl (C=O) groups excluding carboxylic acids is 4. The van der Waals surface area contributed by atoms with Gasteiger partial charge in [0.1, 0.15) is 12.6 Å². The highest BCUT2D eigenvalue weighted by Gasteiger charge is 2.77. The van der Waals surface area contributed by atoms with E-state index in [1.165, 1.54) is 14.0 Å². The minimum Gasteiger partial charge on any atom is -0.449 e. The largest absolute Gasteiger partial charge is 0.449 e. The van der Waals surface area contributed by atoms with Crippen molar-refractivity contribution >= 4 is 23.6 Å². The van der Waals surface area contributed by atoms with Crippen LogP contribution < -0.4 is 11.5 Å². The van der Waals surface area contributed by atoms with E-state index in [1.807, 2.05) is 6.92 Å². The summed E-state index contributed by atoms with van der Waals surface area (Å²) in [5, 5.41) is 0. The van der Waals surface area contributed by atoms with E-state index >= 15 is 0 Å². The van der Waals surface area contributed by atoms with Crippen LogP contribution in [0.2, 0.25) is 0 Å². The standard InChI is InChI=1S/C20H26N4O6/c1-4-5-6-12(25)24-11-7-23-15-13(17(27)14(21)9(2)16(15)26)10(8-30-19(22)28)20(23,29-3)18(11)24/h10-11,18H,4-8,21H2,1-3H3,(H2,22,28). The minimum atomic E-state index is -1.19. The topological polar surface area (TPSA) is 145 Å². The molecule has 10 heteroatoms. The fourth-order valence-corrected chi connectivity index (χ4v) is 5.27. The van der Waals surface area contributed by atoms with E-state index in [4.69, 9.17) is 20.9 Å². The Balaban J connectivity index is 1.75. The molecule has 0 spiro atoms. The van der Waals surface area contributed by atoms with Crippen molar-refractivity contribution in [3.63, 3.8) is 0 Å². The second-order valence-corrected chi connectivity index (χ2v) is 8.13. The molecule has 0 radical (unpaired) electrons. The zero-order chi connectivity index (χ0) is 22.0. The summed E-state index contributed by atoms with van der Waals surface area (Å²) in [4.78, 5) is 53.7. The molecule has 0 bridgehead atoms. The molecule has 1 aliphatic carbocycles. The van der Waals surface area contributed by atoms with Gasteiger partial charge in [0.2, 0.25) is 17.5 Å². The maximum absolute atomic E-state index is 13.1. The van der Waals surface area contributed by atoms with E-state index in [9.17, 15) is 19.2 Å². The van der Waals surface area contributed by atoms with E-state index in [2.05, 4.69) is 0 Å². The van der Waals surface area contributed by atoms with Crippen LogP contribution in [-0.2, 0) is 23.9 Å². The third-order valence-electron chi connectivity index (χ3n) is 6.72. The van der Waals surface area contributed by atoms with Gasteiger partial charge in [-0.25, -0.2) is 4.79 Å². The Bertz CT molecular complexity index is 924. The van der Waals surface area contributed by atoms with Crippen molar-refractivity contribution in [3.8, 4) is 0 Å². The Morgan fingerprint density at radius 3 is 2.57 bits per heavy atom. The first-order valence-electron chi connectivity index (χ1n) is 10.1. The molecule has 10 nitrogen and oxygen atoms in total. The second kappa shape index (κ2) is 6.83. The Hall–Kier alpha value is -2.88. The molecule has 0 aromatic rings. The number of fused-ring (bicyclic) bond motifs is 4. The fraction of sp³-hybridized carbons (Fsp3) is 0.600. The molecule has 4 aliphatic rings. The van der Waals surface area contributed by atoms with Gasteiger partial charge in [0.05, 0.1) is 23.4 Å².